The first kappa shape index (κ1) is 14.9. The van der Waals surface area contributed by atoms with Crippen LogP contribution in [0.5, 0.6) is 0 Å². The number of allylic oxidation sites excluding steroid dienone is 2. The molecule has 0 aromatic rings. The highest BCUT2D eigenvalue weighted by Gasteiger charge is 2.04. The van der Waals surface area contributed by atoms with Crippen LogP contribution < -0.4 is 0 Å². The molecule has 0 rings (SSSR count). The Morgan fingerprint density at radius 3 is 2.50 bits per heavy atom. The van der Waals surface area contributed by atoms with Crippen molar-refractivity contribution in [3.63, 3.8) is 0 Å². The molecule has 0 atom stereocenters. The number of carbonyl (C=O) groups excluding carboxylic acids is 2. The van der Waals surface area contributed by atoms with E-state index in [1.165, 1.54) is 12.8 Å². The number of ether oxygens (including phenoxy) is 1. The maximum atomic E-state index is 11.3. The molecule has 0 fully saturated rings. The number of ketones is 1. The Hall–Kier alpha value is -1.12. The molecule has 0 radical (unpaired) electrons. The molecule has 0 spiro atoms. The lowest BCUT2D eigenvalue weighted by molar-refractivity contribution is -0.144. The molecule has 0 saturated heterocycles. The van der Waals surface area contributed by atoms with E-state index in [1.807, 2.05) is 6.08 Å². The minimum atomic E-state index is -0.296. The predicted molar refractivity (Wildman–Crippen MR) is 64.2 cm³/mol. The second-order valence-electron chi connectivity index (χ2n) is 3.67. The highest BCUT2D eigenvalue weighted by molar-refractivity contribution is 5.91. The van der Waals surface area contributed by atoms with Gasteiger partial charge in [-0.2, -0.15) is 0 Å². The number of carbonyl (C=O) groups is 2. The van der Waals surface area contributed by atoms with Gasteiger partial charge in [-0.3, -0.25) is 9.59 Å². The first-order valence-corrected chi connectivity index (χ1v) is 6.05. The van der Waals surface area contributed by atoms with Crippen LogP contribution in [-0.2, 0) is 14.3 Å². The fourth-order valence-electron chi connectivity index (χ4n) is 1.27. The maximum Gasteiger partial charge on any atom is 0.306 e. The summed E-state index contributed by atoms with van der Waals surface area (Å²) < 4.78 is 4.73. The van der Waals surface area contributed by atoms with Gasteiger partial charge in [-0.15, -0.1) is 0 Å². The number of rotatable bonds is 9. The van der Waals surface area contributed by atoms with Gasteiger partial charge in [0.15, 0.2) is 5.78 Å². The van der Waals surface area contributed by atoms with Crippen molar-refractivity contribution in [3.8, 4) is 0 Å². The summed E-state index contributed by atoms with van der Waals surface area (Å²) in [5, 5.41) is 0. The molecule has 0 amide bonds. The number of hydrogen-bond donors (Lipinski definition) is 0. The van der Waals surface area contributed by atoms with Gasteiger partial charge in [-0.25, -0.2) is 0 Å². The van der Waals surface area contributed by atoms with Crippen molar-refractivity contribution in [1.29, 1.82) is 0 Å². The number of hydrogen-bond acceptors (Lipinski definition) is 3. The molecular weight excluding hydrogens is 204 g/mol. The first-order valence-electron chi connectivity index (χ1n) is 6.05. The average Bonchev–Trinajstić information content (AvgIpc) is 2.26. The molecule has 0 unspecified atom stereocenters. The van der Waals surface area contributed by atoms with Crippen LogP contribution in [0, 0.1) is 0 Å². The molecule has 0 aromatic heterocycles. The van der Waals surface area contributed by atoms with Gasteiger partial charge in [0.25, 0.3) is 0 Å². The minimum absolute atomic E-state index is 0.00421. The molecule has 3 heteroatoms. The topological polar surface area (TPSA) is 43.4 Å². The molecule has 3 nitrogen and oxygen atoms in total. The zero-order valence-corrected chi connectivity index (χ0v) is 10.3. The minimum Gasteiger partial charge on any atom is -0.466 e. The van der Waals surface area contributed by atoms with E-state index in [9.17, 15) is 9.59 Å². The van der Waals surface area contributed by atoms with Gasteiger partial charge in [-0.1, -0.05) is 25.8 Å². The van der Waals surface area contributed by atoms with E-state index in [-0.39, 0.29) is 24.6 Å². The van der Waals surface area contributed by atoms with E-state index in [4.69, 9.17) is 4.74 Å². The molecule has 16 heavy (non-hydrogen) atoms. The van der Waals surface area contributed by atoms with Gasteiger partial charge in [0.2, 0.25) is 0 Å². The van der Waals surface area contributed by atoms with Gasteiger partial charge in [0.05, 0.1) is 13.0 Å². The highest BCUT2D eigenvalue weighted by Crippen LogP contribution is 2.01. The van der Waals surface area contributed by atoms with Crippen molar-refractivity contribution in [2.75, 3.05) is 6.61 Å². The fraction of sp³-hybridized carbons (Fsp3) is 0.692. The molecule has 0 aromatic carbocycles. The lowest BCUT2D eigenvalue weighted by Gasteiger charge is -1.98. The van der Waals surface area contributed by atoms with Crippen LogP contribution in [0.1, 0.15) is 52.4 Å². The smallest absolute Gasteiger partial charge is 0.306 e. The summed E-state index contributed by atoms with van der Waals surface area (Å²) in [6.45, 7) is 4.28. The van der Waals surface area contributed by atoms with Crippen LogP contribution in [-0.4, -0.2) is 18.4 Å². The quantitative estimate of drug-likeness (QED) is 0.345. The van der Waals surface area contributed by atoms with Crippen molar-refractivity contribution in [2.45, 2.75) is 52.4 Å². The van der Waals surface area contributed by atoms with Crippen molar-refractivity contribution >= 4 is 11.8 Å². The molecule has 0 saturated carbocycles. The van der Waals surface area contributed by atoms with Crippen LogP contribution in [0.2, 0.25) is 0 Å². The molecular formula is C13H22O3. The van der Waals surface area contributed by atoms with Crippen LogP contribution in [0.25, 0.3) is 0 Å². The molecule has 0 aliphatic heterocycles. The molecule has 0 aliphatic rings. The van der Waals surface area contributed by atoms with Crippen LogP contribution >= 0.6 is 0 Å². The molecule has 92 valence electrons. The van der Waals surface area contributed by atoms with Gasteiger partial charge < -0.3 is 4.74 Å². The van der Waals surface area contributed by atoms with Gasteiger partial charge in [0, 0.05) is 6.42 Å². The standard InChI is InChI=1S/C13H22O3/c1-3-5-6-7-8-9-12(14)10-11-13(15)16-4-2/h8-9H,3-7,10-11H2,1-2H3/b9-8+. The number of unbranched alkanes of at least 4 members (excludes halogenated alkanes) is 3. The largest absolute Gasteiger partial charge is 0.466 e. The van der Waals surface area contributed by atoms with E-state index in [0.717, 1.165) is 12.8 Å². The lowest BCUT2D eigenvalue weighted by Crippen LogP contribution is -2.06. The monoisotopic (exact) mass is 226 g/mol. The Labute approximate surface area is 97.9 Å². The third-order valence-electron chi connectivity index (χ3n) is 2.16. The maximum absolute atomic E-state index is 11.3. The van der Waals surface area contributed by atoms with Crippen molar-refractivity contribution < 1.29 is 14.3 Å². The normalized spacial score (nSPS) is 10.6. The summed E-state index contributed by atoms with van der Waals surface area (Å²) in [5.74, 6) is -0.292. The SMILES string of the molecule is CCCCC/C=C/C(=O)CCC(=O)OCC. The molecule has 0 aliphatic carbocycles. The second-order valence-corrected chi connectivity index (χ2v) is 3.67. The van der Waals surface area contributed by atoms with E-state index in [0.29, 0.717) is 6.61 Å². The third-order valence-corrected chi connectivity index (χ3v) is 2.16. The molecule has 0 heterocycles. The Kier molecular flexibility index (Phi) is 9.67. The first-order chi connectivity index (χ1) is 7.70. The summed E-state index contributed by atoms with van der Waals surface area (Å²) >= 11 is 0. The van der Waals surface area contributed by atoms with Crippen LogP contribution in [0.15, 0.2) is 12.2 Å². The van der Waals surface area contributed by atoms with Gasteiger partial charge in [-0.05, 0) is 25.8 Å². The van der Waals surface area contributed by atoms with Crippen LogP contribution in [0.3, 0.4) is 0 Å². The molecule has 0 bridgehead atoms. The summed E-state index contributed by atoms with van der Waals surface area (Å²) in [7, 11) is 0. The summed E-state index contributed by atoms with van der Waals surface area (Å²) in [4.78, 5) is 22.3. The zero-order chi connectivity index (χ0) is 12.2. The second kappa shape index (κ2) is 10.4. The zero-order valence-electron chi connectivity index (χ0n) is 10.3. The lowest BCUT2D eigenvalue weighted by atomic mass is 10.1. The average molecular weight is 226 g/mol. The van der Waals surface area contributed by atoms with E-state index >= 15 is 0 Å². The van der Waals surface area contributed by atoms with E-state index in [1.54, 1.807) is 13.0 Å². The van der Waals surface area contributed by atoms with Crippen LogP contribution in [0.4, 0.5) is 0 Å². The van der Waals surface area contributed by atoms with Crippen molar-refractivity contribution in [2.24, 2.45) is 0 Å². The Bertz CT molecular complexity index is 231. The highest BCUT2D eigenvalue weighted by atomic mass is 16.5. The predicted octanol–water partition coefficient (Wildman–Crippen LogP) is 3.04. The summed E-state index contributed by atoms with van der Waals surface area (Å²) in [6, 6.07) is 0. The summed E-state index contributed by atoms with van der Waals surface area (Å²) in [5.41, 5.74) is 0. The van der Waals surface area contributed by atoms with Crippen molar-refractivity contribution in [1.82, 2.24) is 0 Å². The van der Waals surface area contributed by atoms with Gasteiger partial charge in [0.1, 0.15) is 0 Å². The third kappa shape index (κ3) is 9.44. The number of esters is 1. The fourth-order valence-corrected chi connectivity index (χ4v) is 1.27. The molecule has 0 N–H and O–H groups in total. The Balaban J connectivity index is 3.54. The van der Waals surface area contributed by atoms with Crippen molar-refractivity contribution in [3.05, 3.63) is 12.2 Å². The Morgan fingerprint density at radius 1 is 1.12 bits per heavy atom. The van der Waals surface area contributed by atoms with E-state index < -0.39 is 0 Å². The Morgan fingerprint density at radius 2 is 1.88 bits per heavy atom. The van der Waals surface area contributed by atoms with Gasteiger partial charge >= 0.3 is 5.97 Å². The van der Waals surface area contributed by atoms with E-state index in [2.05, 4.69) is 6.92 Å². The summed E-state index contributed by atoms with van der Waals surface area (Å²) in [6.07, 6.45) is 8.36.